The highest BCUT2D eigenvalue weighted by atomic mass is 35.5. The van der Waals surface area contributed by atoms with Crippen LogP contribution in [0.1, 0.15) is 24.2 Å². The Morgan fingerprint density at radius 2 is 1.84 bits per heavy atom. The molecule has 19 heavy (non-hydrogen) atoms. The van der Waals surface area contributed by atoms with Crippen LogP contribution < -0.4 is 5.32 Å². The highest BCUT2D eigenvalue weighted by Gasteiger charge is 2.16. The molecule has 0 aliphatic carbocycles. The maximum absolute atomic E-state index is 12.2. The number of hydrogen-bond acceptors (Lipinski definition) is 1. The lowest BCUT2D eigenvalue weighted by atomic mass is 10.0. The molecular weight excluding hydrogens is 258 g/mol. The summed E-state index contributed by atoms with van der Waals surface area (Å²) in [7, 11) is 0. The second kappa shape index (κ2) is 6.07. The SMILES string of the molecule is CC(C)C(CCl)NC(=O)c1ccc2ccccc2c1. The Bertz CT molecular complexity index is 580. The van der Waals surface area contributed by atoms with Gasteiger partial charge in [-0.25, -0.2) is 0 Å². The minimum Gasteiger partial charge on any atom is -0.348 e. The van der Waals surface area contributed by atoms with Crippen LogP contribution in [-0.4, -0.2) is 17.8 Å². The largest absolute Gasteiger partial charge is 0.348 e. The molecule has 0 fully saturated rings. The zero-order chi connectivity index (χ0) is 13.8. The minimum atomic E-state index is -0.0647. The molecule has 0 radical (unpaired) electrons. The van der Waals surface area contributed by atoms with E-state index in [0.29, 0.717) is 17.4 Å². The first kappa shape index (κ1) is 13.9. The Morgan fingerprint density at radius 1 is 1.16 bits per heavy atom. The van der Waals surface area contributed by atoms with Crippen molar-refractivity contribution in [1.82, 2.24) is 5.32 Å². The second-order valence-corrected chi connectivity index (χ2v) is 5.35. The van der Waals surface area contributed by atoms with Crippen molar-refractivity contribution >= 4 is 28.3 Å². The number of halogens is 1. The number of carbonyl (C=O) groups is 1. The molecular formula is C16H18ClNO. The number of rotatable bonds is 4. The van der Waals surface area contributed by atoms with Crippen LogP contribution in [0.5, 0.6) is 0 Å². The molecule has 2 aromatic carbocycles. The van der Waals surface area contributed by atoms with Gasteiger partial charge in [0.05, 0.1) is 0 Å². The Hall–Kier alpha value is -1.54. The summed E-state index contributed by atoms with van der Waals surface area (Å²) >= 11 is 5.87. The van der Waals surface area contributed by atoms with Crippen molar-refractivity contribution in [3.63, 3.8) is 0 Å². The number of amides is 1. The van der Waals surface area contributed by atoms with E-state index in [1.165, 1.54) is 0 Å². The van der Waals surface area contributed by atoms with Gasteiger partial charge in [0.1, 0.15) is 0 Å². The van der Waals surface area contributed by atoms with E-state index < -0.39 is 0 Å². The Labute approximate surface area is 118 Å². The first-order chi connectivity index (χ1) is 9.11. The Balaban J connectivity index is 2.21. The molecule has 0 aliphatic heterocycles. The van der Waals surface area contributed by atoms with Gasteiger partial charge in [0.2, 0.25) is 0 Å². The van der Waals surface area contributed by atoms with E-state index >= 15 is 0 Å². The molecule has 1 atom stereocenters. The molecule has 0 spiro atoms. The van der Waals surface area contributed by atoms with E-state index in [-0.39, 0.29) is 11.9 Å². The summed E-state index contributed by atoms with van der Waals surface area (Å²) in [5, 5.41) is 5.18. The van der Waals surface area contributed by atoms with Crippen molar-refractivity contribution in [2.75, 3.05) is 5.88 Å². The summed E-state index contributed by atoms with van der Waals surface area (Å²) < 4.78 is 0. The van der Waals surface area contributed by atoms with Gasteiger partial charge >= 0.3 is 0 Å². The van der Waals surface area contributed by atoms with Crippen LogP contribution in [0.25, 0.3) is 10.8 Å². The maximum atomic E-state index is 12.2. The van der Waals surface area contributed by atoms with Crippen molar-refractivity contribution in [3.8, 4) is 0 Å². The van der Waals surface area contributed by atoms with Crippen LogP contribution in [0, 0.1) is 5.92 Å². The van der Waals surface area contributed by atoms with Gasteiger partial charge in [0, 0.05) is 17.5 Å². The quantitative estimate of drug-likeness (QED) is 0.844. The lowest BCUT2D eigenvalue weighted by Gasteiger charge is -2.19. The third kappa shape index (κ3) is 3.27. The predicted molar refractivity (Wildman–Crippen MR) is 80.8 cm³/mol. The average molecular weight is 276 g/mol. The summed E-state index contributed by atoms with van der Waals surface area (Å²) in [6.07, 6.45) is 0. The zero-order valence-electron chi connectivity index (χ0n) is 11.2. The standard InChI is InChI=1S/C16H18ClNO/c1-11(2)15(10-17)18-16(19)14-8-7-12-5-3-4-6-13(12)9-14/h3-9,11,15H,10H2,1-2H3,(H,18,19). The topological polar surface area (TPSA) is 29.1 Å². The van der Waals surface area contributed by atoms with E-state index in [2.05, 4.69) is 5.32 Å². The van der Waals surface area contributed by atoms with Crippen molar-refractivity contribution in [2.45, 2.75) is 19.9 Å². The third-order valence-corrected chi connectivity index (χ3v) is 3.63. The molecule has 0 heterocycles. The molecule has 0 aromatic heterocycles. The van der Waals surface area contributed by atoms with Gasteiger partial charge in [-0.15, -0.1) is 11.6 Å². The van der Waals surface area contributed by atoms with Gasteiger partial charge in [0.15, 0.2) is 0 Å². The van der Waals surface area contributed by atoms with Gasteiger partial charge in [-0.3, -0.25) is 4.79 Å². The van der Waals surface area contributed by atoms with Gasteiger partial charge in [-0.2, -0.15) is 0 Å². The summed E-state index contributed by atoms with van der Waals surface area (Å²) in [6, 6.07) is 13.7. The van der Waals surface area contributed by atoms with Gasteiger partial charge in [0.25, 0.3) is 5.91 Å². The Morgan fingerprint density at radius 3 is 2.47 bits per heavy atom. The smallest absolute Gasteiger partial charge is 0.251 e. The Kier molecular flexibility index (Phi) is 4.43. The minimum absolute atomic E-state index is 0.000590. The van der Waals surface area contributed by atoms with Crippen LogP contribution >= 0.6 is 11.6 Å². The van der Waals surface area contributed by atoms with Crippen molar-refractivity contribution < 1.29 is 4.79 Å². The molecule has 2 rings (SSSR count). The number of alkyl halides is 1. The van der Waals surface area contributed by atoms with Crippen LogP contribution in [-0.2, 0) is 0 Å². The predicted octanol–water partition coefficient (Wildman–Crippen LogP) is 3.83. The summed E-state index contributed by atoms with van der Waals surface area (Å²) in [5.74, 6) is 0.684. The lowest BCUT2D eigenvalue weighted by Crippen LogP contribution is -2.39. The highest BCUT2D eigenvalue weighted by Crippen LogP contribution is 2.16. The van der Waals surface area contributed by atoms with E-state index in [4.69, 9.17) is 11.6 Å². The van der Waals surface area contributed by atoms with E-state index in [0.717, 1.165) is 10.8 Å². The van der Waals surface area contributed by atoms with Crippen molar-refractivity contribution in [3.05, 3.63) is 48.0 Å². The van der Waals surface area contributed by atoms with Crippen LogP contribution in [0.3, 0.4) is 0 Å². The first-order valence-electron chi connectivity index (χ1n) is 6.47. The fraction of sp³-hybridized carbons (Fsp3) is 0.312. The fourth-order valence-electron chi connectivity index (χ4n) is 1.97. The number of fused-ring (bicyclic) bond motifs is 1. The normalized spacial score (nSPS) is 12.6. The van der Waals surface area contributed by atoms with Crippen molar-refractivity contribution in [2.24, 2.45) is 5.92 Å². The van der Waals surface area contributed by atoms with Crippen LogP contribution in [0.4, 0.5) is 0 Å². The van der Waals surface area contributed by atoms with Gasteiger partial charge in [-0.05, 0) is 28.8 Å². The van der Waals surface area contributed by atoms with E-state index in [1.54, 1.807) is 0 Å². The number of hydrogen-bond donors (Lipinski definition) is 1. The van der Waals surface area contributed by atoms with E-state index in [9.17, 15) is 4.79 Å². The molecule has 2 nitrogen and oxygen atoms in total. The van der Waals surface area contributed by atoms with Crippen molar-refractivity contribution in [1.29, 1.82) is 0 Å². The molecule has 0 saturated heterocycles. The molecule has 3 heteroatoms. The maximum Gasteiger partial charge on any atom is 0.251 e. The summed E-state index contributed by atoms with van der Waals surface area (Å²) in [6.45, 7) is 4.10. The monoisotopic (exact) mass is 275 g/mol. The van der Waals surface area contributed by atoms with Crippen LogP contribution in [0.2, 0.25) is 0 Å². The lowest BCUT2D eigenvalue weighted by molar-refractivity contribution is 0.0931. The zero-order valence-corrected chi connectivity index (χ0v) is 11.9. The molecule has 1 N–H and O–H groups in total. The molecule has 0 aliphatic rings. The third-order valence-electron chi connectivity index (χ3n) is 3.30. The molecule has 1 unspecified atom stereocenters. The molecule has 100 valence electrons. The molecule has 1 amide bonds. The first-order valence-corrected chi connectivity index (χ1v) is 7.01. The molecule has 0 saturated carbocycles. The summed E-state index contributed by atoms with van der Waals surface area (Å²) in [4.78, 5) is 12.2. The van der Waals surface area contributed by atoms with Crippen LogP contribution in [0.15, 0.2) is 42.5 Å². The highest BCUT2D eigenvalue weighted by molar-refractivity contribution is 6.18. The van der Waals surface area contributed by atoms with Gasteiger partial charge in [-0.1, -0.05) is 44.2 Å². The van der Waals surface area contributed by atoms with Gasteiger partial charge < -0.3 is 5.32 Å². The number of benzene rings is 2. The average Bonchev–Trinajstić information content (AvgIpc) is 2.43. The molecule has 0 bridgehead atoms. The number of carbonyl (C=O) groups excluding carboxylic acids is 1. The molecule has 2 aromatic rings. The van der Waals surface area contributed by atoms with E-state index in [1.807, 2.05) is 56.3 Å². The number of nitrogens with one attached hydrogen (secondary N) is 1. The summed E-state index contributed by atoms with van der Waals surface area (Å²) in [5.41, 5.74) is 0.675. The fourth-order valence-corrected chi connectivity index (χ4v) is 2.40. The second-order valence-electron chi connectivity index (χ2n) is 5.04.